The number of nitrogens with one attached hydrogen (secondary N) is 2. The van der Waals surface area contributed by atoms with Gasteiger partial charge in [0, 0.05) is 69.2 Å². The van der Waals surface area contributed by atoms with E-state index in [-0.39, 0.29) is 34.7 Å². The Hall–Kier alpha value is -3.89. The van der Waals surface area contributed by atoms with Crippen molar-refractivity contribution in [3.8, 4) is 0 Å². The van der Waals surface area contributed by atoms with Crippen molar-refractivity contribution in [2.75, 3.05) is 6.54 Å². The predicted octanol–water partition coefficient (Wildman–Crippen LogP) is 8.24. The maximum atomic E-state index is 4.13. The summed E-state index contributed by atoms with van der Waals surface area (Å²) in [5.41, 5.74) is 4.45. The lowest BCUT2D eigenvalue weighted by Gasteiger charge is -2.19. The highest BCUT2D eigenvalue weighted by atomic mass is 15.2. The van der Waals surface area contributed by atoms with E-state index in [4.69, 9.17) is 0 Å². The summed E-state index contributed by atoms with van der Waals surface area (Å²) in [6.07, 6.45) is 16.0. The molecule has 0 aliphatic carbocycles. The normalized spacial score (nSPS) is 12.9. The van der Waals surface area contributed by atoms with Gasteiger partial charge in [-0.05, 0) is 47.6 Å². The Bertz CT molecular complexity index is 1170. The summed E-state index contributed by atoms with van der Waals surface area (Å²) >= 11 is 0. The molecule has 258 valence electrons. The van der Waals surface area contributed by atoms with Gasteiger partial charge in [0.1, 0.15) is 19.0 Å². The fourth-order valence-electron chi connectivity index (χ4n) is 3.25. The molecule has 0 atom stereocenters. The molecule has 11 nitrogen and oxygen atoms in total. The van der Waals surface area contributed by atoms with Crippen LogP contribution in [-0.2, 0) is 21.9 Å². The van der Waals surface area contributed by atoms with Crippen molar-refractivity contribution in [1.29, 1.82) is 0 Å². The lowest BCUT2D eigenvalue weighted by atomic mass is 9.90. The number of aliphatic imine (C=N–C) groups is 2. The molecule has 11 heteroatoms. The molecule has 4 aromatic heterocycles. The highest BCUT2D eigenvalue weighted by Crippen LogP contribution is 2.19. The molecular formula is C35H63N11. The zero-order valence-electron chi connectivity index (χ0n) is 30.5. The van der Waals surface area contributed by atoms with E-state index in [0.29, 0.717) is 0 Å². The monoisotopic (exact) mass is 638 g/mol. The van der Waals surface area contributed by atoms with Crippen molar-refractivity contribution in [2.45, 2.75) is 133 Å². The lowest BCUT2D eigenvalue weighted by molar-refractivity contribution is 0.395. The summed E-state index contributed by atoms with van der Waals surface area (Å²) in [6, 6.07) is 2.00. The zero-order chi connectivity index (χ0) is 34.5. The van der Waals surface area contributed by atoms with Crippen LogP contribution in [0.3, 0.4) is 0 Å². The Labute approximate surface area is 278 Å². The van der Waals surface area contributed by atoms with E-state index < -0.39 is 0 Å². The minimum Gasteiger partial charge on any atom is -0.348 e. The maximum Gasteiger partial charge on any atom is 0.119 e. The highest BCUT2D eigenvalue weighted by Gasteiger charge is 2.19. The molecule has 0 saturated carbocycles. The SMILES string of the molecule is C.CC(C)(C)C1=NC=NC1.CC(C)(C)c1ccn[nH]1.CC(C)(C)c1cnc[nH]1.CC(C)(C)n1ccnc1.CC(C)(C)n1cnnc1. The molecule has 0 spiro atoms. The second-order valence-electron chi connectivity index (χ2n) is 15.9. The van der Waals surface area contributed by atoms with Crippen molar-refractivity contribution in [2.24, 2.45) is 15.4 Å². The Kier molecular flexibility index (Phi) is 16.2. The summed E-state index contributed by atoms with van der Waals surface area (Å²) in [6.45, 7) is 32.9. The molecule has 1 aliphatic rings. The number of imidazole rings is 2. The summed E-state index contributed by atoms with van der Waals surface area (Å²) in [5.74, 6) is 0. The molecule has 0 radical (unpaired) electrons. The predicted molar refractivity (Wildman–Crippen MR) is 194 cm³/mol. The van der Waals surface area contributed by atoms with Gasteiger partial charge in [-0.25, -0.2) is 15.0 Å². The first-order valence-electron chi connectivity index (χ1n) is 15.4. The van der Waals surface area contributed by atoms with Gasteiger partial charge < -0.3 is 14.1 Å². The molecule has 0 amide bonds. The van der Waals surface area contributed by atoms with Crippen LogP contribution in [-0.4, -0.2) is 63.1 Å². The largest absolute Gasteiger partial charge is 0.348 e. The Morgan fingerprint density at radius 2 is 1.22 bits per heavy atom. The summed E-state index contributed by atoms with van der Waals surface area (Å²) in [4.78, 5) is 19.1. The van der Waals surface area contributed by atoms with Gasteiger partial charge >= 0.3 is 0 Å². The first-order valence-corrected chi connectivity index (χ1v) is 15.4. The third-order valence-electron chi connectivity index (χ3n) is 6.49. The van der Waals surface area contributed by atoms with E-state index in [1.165, 1.54) is 17.1 Å². The van der Waals surface area contributed by atoms with Gasteiger partial charge in [-0.1, -0.05) is 69.7 Å². The number of aromatic nitrogens is 9. The van der Waals surface area contributed by atoms with Crippen molar-refractivity contribution >= 4 is 12.1 Å². The van der Waals surface area contributed by atoms with Crippen LogP contribution >= 0.6 is 0 Å². The van der Waals surface area contributed by atoms with E-state index in [1.54, 1.807) is 37.7 Å². The van der Waals surface area contributed by atoms with E-state index >= 15 is 0 Å². The Morgan fingerprint density at radius 1 is 0.652 bits per heavy atom. The molecule has 46 heavy (non-hydrogen) atoms. The Balaban J connectivity index is 0.000000547. The minimum atomic E-state index is 0. The number of hydrogen-bond acceptors (Lipinski definition) is 7. The summed E-state index contributed by atoms with van der Waals surface area (Å²) in [5, 5.41) is 14.2. The third kappa shape index (κ3) is 16.4. The van der Waals surface area contributed by atoms with E-state index in [0.717, 1.165) is 6.54 Å². The molecule has 5 rings (SSSR count). The van der Waals surface area contributed by atoms with Gasteiger partial charge in [-0.15, -0.1) is 10.2 Å². The van der Waals surface area contributed by atoms with E-state index in [9.17, 15) is 0 Å². The van der Waals surface area contributed by atoms with Gasteiger partial charge in [0.05, 0.1) is 19.2 Å². The molecule has 2 N–H and O–H groups in total. The number of H-pyrrole nitrogens is 2. The van der Waals surface area contributed by atoms with Gasteiger partial charge in [0.15, 0.2) is 0 Å². The molecule has 0 saturated heterocycles. The number of rotatable bonds is 0. The Morgan fingerprint density at radius 3 is 1.43 bits per heavy atom. The maximum absolute atomic E-state index is 4.13. The van der Waals surface area contributed by atoms with E-state index in [1.807, 2.05) is 29.4 Å². The number of nitrogens with zero attached hydrogens (tertiary/aromatic N) is 9. The van der Waals surface area contributed by atoms with Gasteiger partial charge in [-0.2, -0.15) is 5.10 Å². The van der Waals surface area contributed by atoms with Crippen LogP contribution in [0.1, 0.15) is 123 Å². The van der Waals surface area contributed by atoms with Crippen LogP contribution in [0, 0.1) is 5.41 Å². The summed E-state index contributed by atoms with van der Waals surface area (Å²) in [7, 11) is 0. The van der Waals surface area contributed by atoms with Crippen LogP contribution in [0.15, 0.2) is 66.1 Å². The van der Waals surface area contributed by atoms with Gasteiger partial charge in [-0.3, -0.25) is 10.1 Å². The quantitative estimate of drug-likeness (QED) is 0.200. The second-order valence-corrected chi connectivity index (χ2v) is 15.9. The second kappa shape index (κ2) is 17.7. The third-order valence-corrected chi connectivity index (χ3v) is 6.49. The topological polar surface area (TPSA) is 131 Å². The van der Waals surface area contributed by atoms with Crippen LogP contribution in [0.5, 0.6) is 0 Å². The van der Waals surface area contributed by atoms with Crippen LogP contribution in [0.4, 0.5) is 0 Å². The molecule has 0 bridgehead atoms. The standard InChI is InChI=1S/4C7H12N2.C6H11N3.CH4/c2*1-7(2,3)6-4-8-5-9-6;1-7(2,3)9-5-4-8-6-9;1-7(2,3)6-4-5-8-9-6;1-6(2,3)9-4-7-8-5-9;/h5H,4H2,1-3H3;4-5H,1-3H3,(H,8,9);4-6H,1-3H3;4-5H,1-3H3,(H,8,9);4-5H,1-3H3;1H4. The van der Waals surface area contributed by atoms with Crippen molar-refractivity contribution < 1.29 is 0 Å². The fourth-order valence-corrected chi connectivity index (χ4v) is 3.25. The molecule has 5 heterocycles. The fraction of sp³-hybridized carbons (Fsp3) is 0.629. The average Bonchev–Trinajstić information content (AvgIpc) is 3.75. The molecule has 0 aromatic carbocycles. The minimum absolute atomic E-state index is 0. The van der Waals surface area contributed by atoms with Crippen LogP contribution in [0.25, 0.3) is 0 Å². The van der Waals surface area contributed by atoms with E-state index in [2.05, 4.69) is 154 Å². The van der Waals surface area contributed by atoms with Crippen molar-refractivity contribution in [3.63, 3.8) is 0 Å². The van der Waals surface area contributed by atoms with Crippen LogP contribution in [0.2, 0.25) is 0 Å². The average molecular weight is 638 g/mol. The summed E-state index contributed by atoms with van der Waals surface area (Å²) < 4.78 is 4.04. The van der Waals surface area contributed by atoms with Crippen molar-refractivity contribution in [3.05, 3.63) is 67.6 Å². The lowest BCUT2D eigenvalue weighted by Crippen LogP contribution is -2.20. The van der Waals surface area contributed by atoms with Gasteiger partial charge in [0.25, 0.3) is 0 Å². The number of aromatic amines is 2. The van der Waals surface area contributed by atoms with Crippen molar-refractivity contribution in [1.82, 2.24) is 44.5 Å². The smallest absolute Gasteiger partial charge is 0.119 e. The first-order chi connectivity index (χ1) is 20.5. The molecular weight excluding hydrogens is 574 g/mol. The zero-order valence-corrected chi connectivity index (χ0v) is 30.5. The van der Waals surface area contributed by atoms with Gasteiger partial charge in [0.2, 0.25) is 0 Å². The molecule has 4 aromatic rings. The molecule has 0 fully saturated rings. The highest BCUT2D eigenvalue weighted by molar-refractivity contribution is 5.99. The molecule has 0 unspecified atom stereocenters. The van der Waals surface area contributed by atoms with Crippen LogP contribution < -0.4 is 0 Å². The number of hydrogen-bond donors (Lipinski definition) is 2. The first kappa shape index (κ1) is 42.1. The molecule has 1 aliphatic heterocycles.